The molecule has 0 radical (unpaired) electrons. The summed E-state index contributed by atoms with van der Waals surface area (Å²) in [7, 11) is 0. The average molecular weight is 277 g/mol. The quantitative estimate of drug-likeness (QED) is 0.781. The van der Waals surface area contributed by atoms with Crippen molar-refractivity contribution in [2.24, 2.45) is 11.8 Å². The van der Waals surface area contributed by atoms with E-state index in [1.807, 2.05) is 6.20 Å². The van der Waals surface area contributed by atoms with Gasteiger partial charge in [-0.2, -0.15) is 0 Å². The fourth-order valence-electron chi connectivity index (χ4n) is 3.03. The lowest BCUT2D eigenvalue weighted by atomic mass is 9.91. The SMILES string of the molecule is C\C=C1/C(=C(C)\C=C\Nc2ccc(C)cc2)C=CC2CC12. The molecule has 0 saturated heterocycles. The van der Waals surface area contributed by atoms with Crippen molar-refractivity contribution in [1.29, 1.82) is 0 Å². The number of aryl methyl sites for hydroxylation is 1. The Bertz CT molecular complexity index is 641. The molecule has 0 heterocycles. The lowest BCUT2D eigenvalue weighted by Crippen LogP contribution is -1.99. The van der Waals surface area contributed by atoms with Crippen molar-refractivity contribution in [2.45, 2.75) is 27.2 Å². The number of rotatable bonds is 3. The van der Waals surface area contributed by atoms with E-state index >= 15 is 0 Å². The fourth-order valence-corrected chi connectivity index (χ4v) is 3.03. The Balaban J connectivity index is 1.73. The number of hydrogen-bond donors (Lipinski definition) is 1. The van der Waals surface area contributed by atoms with E-state index in [4.69, 9.17) is 0 Å². The third-order valence-corrected chi connectivity index (χ3v) is 4.43. The second-order valence-corrected chi connectivity index (χ2v) is 6.05. The summed E-state index contributed by atoms with van der Waals surface area (Å²) in [6.45, 7) is 6.46. The highest BCUT2D eigenvalue weighted by Crippen LogP contribution is 2.51. The summed E-state index contributed by atoms with van der Waals surface area (Å²) in [6, 6.07) is 8.46. The highest BCUT2D eigenvalue weighted by molar-refractivity contribution is 5.54. The minimum atomic E-state index is 0.781. The molecule has 3 rings (SSSR count). The summed E-state index contributed by atoms with van der Waals surface area (Å²) in [5.41, 5.74) is 6.66. The van der Waals surface area contributed by atoms with Gasteiger partial charge >= 0.3 is 0 Å². The van der Waals surface area contributed by atoms with Crippen LogP contribution in [-0.4, -0.2) is 0 Å². The monoisotopic (exact) mass is 277 g/mol. The van der Waals surface area contributed by atoms with Crippen LogP contribution in [0, 0.1) is 18.8 Å². The zero-order valence-corrected chi connectivity index (χ0v) is 13.1. The lowest BCUT2D eigenvalue weighted by Gasteiger charge is -2.14. The minimum absolute atomic E-state index is 0.781. The highest BCUT2D eigenvalue weighted by Gasteiger charge is 2.40. The number of nitrogens with one attached hydrogen (secondary N) is 1. The Kier molecular flexibility index (Phi) is 3.83. The van der Waals surface area contributed by atoms with Crippen molar-refractivity contribution >= 4 is 5.69 Å². The summed E-state index contributed by atoms with van der Waals surface area (Å²) in [6.07, 6.45) is 12.5. The molecule has 0 bridgehead atoms. The van der Waals surface area contributed by atoms with E-state index in [0.717, 1.165) is 17.5 Å². The second-order valence-electron chi connectivity index (χ2n) is 6.05. The molecule has 2 aliphatic carbocycles. The van der Waals surface area contributed by atoms with Gasteiger partial charge in [0.15, 0.2) is 0 Å². The normalized spacial score (nSPS) is 27.9. The van der Waals surface area contributed by atoms with Crippen molar-refractivity contribution in [3.63, 3.8) is 0 Å². The molecule has 0 aromatic heterocycles. The maximum Gasteiger partial charge on any atom is 0.0379 e. The van der Waals surface area contributed by atoms with E-state index in [2.05, 4.69) is 74.7 Å². The molecule has 2 aliphatic rings. The maximum absolute atomic E-state index is 3.34. The average Bonchev–Trinajstić information content (AvgIpc) is 3.27. The molecular formula is C20H23N. The Morgan fingerprint density at radius 1 is 1.24 bits per heavy atom. The molecule has 1 heteroatoms. The van der Waals surface area contributed by atoms with Gasteiger partial charge in [-0.05, 0) is 74.0 Å². The van der Waals surface area contributed by atoms with Crippen molar-refractivity contribution in [1.82, 2.24) is 0 Å². The van der Waals surface area contributed by atoms with Crippen LogP contribution >= 0.6 is 0 Å². The first-order valence-corrected chi connectivity index (χ1v) is 7.74. The zero-order chi connectivity index (χ0) is 14.8. The Morgan fingerprint density at radius 2 is 2.00 bits per heavy atom. The molecule has 1 fully saturated rings. The molecule has 1 aromatic carbocycles. The van der Waals surface area contributed by atoms with Gasteiger partial charge in [0.25, 0.3) is 0 Å². The van der Waals surface area contributed by atoms with Gasteiger partial charge in [0.1, 0.15) is 0 Å². The number of benzene rings is 1. The molecule has 108 valence electrons. The van der Waals surface area contributed by atoms with Gasteiger partial charge in [-0.1, -0.05) is 35.9 Å². The van der Waals surface area contributed by atoms with Crippen LogP contribution in [0.5, 0.6) is 0 Å². The van der Waals surface area contributed by atoms with E-state index in [1.54, 1.807) is 0 Å². The van der Waals surface area contributed by atoms with E-state index in [1.165, 1.54) is 28.7 Å². The molecule has 2 atom stereocenters. The summed E-state index contributed by atoms with van der Waals surface area (Å²) >= 11 is 0. The topological polar surface area (TPSA) is 12.0 Å². The largest absolute Gasteiger partial charge is 0.362 e. The number of anilines is 1. The standard InChI is InChI=1S/C20H23N/c1-4-18-19(10-7-16-13-20(16)18)15(3)11-12-21-17-8-5-14(2)6-9-17/h4-12,16,20-21H,13H2,1-3H3/b12-11+,18-4+,19-15-. The van der Waals surface area contributed by atoms with Crippen LogP contribution in [0.25, 0.3) is 0 Å². The van der Waals surface area contributed by atoms with Crippen LogP contribution in [0.3, 0.4) is 0 Å². The third kappa shape index (κ3) is 3.02. The van der Waals surface area contributed by atoms with Crippen LogP contribution in [0.15, 0.2) is 71.5 Å². The molecule has 1 aromatic rings. The van der Waals surface area contributed by atoms with Crippen LogP contribution in [0.1, 0.15) is 25.8 Å². The van der Waals surface area contributed by atoms with Crippen molar-refractivity contribution in [2.75, 3.05) is 5.32 Å². The predicted octanol–water partition coefficient (Wildman–Crippen LogP) is 5.39. The third-order valence-electron chi connectivity index (χ3n) is 4.43. The number of allylic oxidation sites excluding steroid dienone is 7. The van der Waals surface area contributed by atoms with Crippen molar-refractivity contribution in [3.8, 4) is 0 Å². The van der Waals surface area contributed by atoms with Gasteiger partial charge in [0, 0.05) is 11.9 Å². The van der Waals surface area contributed by atoms with Crippen LogP contribution in [-0.2, 0) is 0 Å². The molecule has 1 N–H and O–H groups in total. The van der Waals surface area contributed by atoms with Gasteiger partial charge < -0.3 is 5.32 Å². The molecule has 1 nitrogen and oxygen atoms in total. The van der Waals surface area contributed by atoms with Crippen LogP contribution in [0.2, 0.25) is 0 Å². The van der Waals surface area contributed by atoms with Gasteiger partial charge in [0.05, 0.1) is 0 Å². The molecule has 0 aliphatic heterocycles. The molecule has 1 saturated carbocycles. The smallest absolute Gasteiger partial charge is 0.0379 e. The Hall–Kier alpha value is -2.02. The first-order chi connectivity index (χ1) is 10.2. The molecule has 0 amide bonds. The molecular weight excluding hydrogens is 254 g/mol. The van der Waals surface area contributed by atoms with Crippen molar-refractivity contribution < 1.29 is 0 Å². The van der Waals surface area contributed by atoms with E-state index < -0.39 is 0 Å². The molecule has 21 heavy (non-hydrogen) atoms. The summed E-state index contributed by atoms with van der Waals surface area (Å²) in [5, 5.41) is 3.34. The van der Waals surface area contributed by atoms with Crippen LogP contribution in [0.4, 0.5) is 5.69 Å². The summed E-state index contributed by atoms with van der Waals surface area (Å²) < 4.78 is 0. The highest BCUT2D eigenvalue weighted by atomic mass is 14.8. The molecule has 0 spiro atoms. The first-order valence-electron chi connectivity index (χ1n) is 7.74. The first kappa shape index (κ1) is 13.9. The van der Waals surface area contributed by atoms with Gasteiger partial charge in [-0.15, -0.1) is 0 Å². The van der Waals surface area contributed by atoms with Gasteiger partial charge in [-0.25, -0.2) is 0 Å². The van der Waals surface area contributed by atoms with Crippen molar-refractivity contribution in [3.05, 3.63) is 77.1 Å². The molecule has 2 unspecified atom stereocenters. The fraction of sp³-hybridized carbons (Fsp3) is 0.300. The summed E-state index contributed by atoms with van der Waals surface area (Å²) in [5.74, 6) is 1.59. The maximum atomic E-state index is 3.34. The minimum Gasteiger partial charge on any atom is -0.362 e. The van der Waals surface area contributed by atoms with E-state index in [0.29, 0.717) is 0 Å². The summed E-state index contributed by atoms with van der Waals surface area (Å²) in [4.78, 5) is 0. The zero-order valence-electron chi connectivity index (χ0n) is 13.1. The van der Waals surface area contributed by atoms with Gasteiger partial charge in [0.2, 0.25) is 0 Å². The van der Waals surface area contributed by atoms with E-state index in [-0.39, 0.29) is 0 Å². The Morgan fingerprint density at radius 3 is 2.71 bits per heavy atom. The Labute approximate surface area is 127 Å². The number of hydrogen-bond acceptors (Lipinski definition) is 1. The number of fused-ring (bicyclic) bond motifs is 1. The van der Waals surface area contributed by atoms with Gasteiger partial charge in [-0.3, -0.25) is 0 Å². The lowest BCUT2D eigenvalue weighted by molar-refractivity contribution is 0.909. The predicted molar refractivity (Wildman–Crippen MR) is 91.1 cm³/mol. The second kappa shape index (κ2) is 5.77. The van der Waals surface area contributed by atoms with E-state index in [9.17, 15) is 0 Å². The van der Waals surface area contributed by atoms with Crippen LogP contribution < -0.4 is 5.32 Å².